The Bertz CT molecular complexity index is 962. The predicted octanol–water partition coefficient (Wildman–Crippen LogP) is 3.26. The van der Waals surface area contributed by atoms with E-state index in [-0.39, 0.29) is 12.1 Å². The lowest BCUT2D eigenvalue weighted by Gasteiger charge is -2.10. The lowest BCUT2D eigenvalue weighted by atomic mass is 10.0. The molecule has 0 unspecified atom stereocenters. The van der Waals surface area contributed by atoms with Gasteiger partial charge in [-0.15, -0.1) is 17.8 Å². The summed E-state index contributed by atoms with van der Waals surface area (Å²) in [6.07, 6.45) is 6.00. The fourth-order valence-electron chi connectivity index (χ4n) is 2.65. The minimum atomic E-state index is -0.0825. The number of thiophene rings is 1. The third-order valence-corrected chi connectivity index (χ3v) is 4.79. The molecule has 0 aliphatic rings. The summed E-state index contributed by atoms with van der Waals surface area (Å²) < 4.78 is 6.69. The monoisotopic (exact) mass is 338 g/mol. The second kappa shape index (κ2) is 7.00. The van der Waals surface area contributed by atoms with Crippen LogP contribution in [-0.4, -0.2) is 23.3 Å². The molecule has 2 heterocycles. The molecule has 0 fully saturated rings. The first-order valence-electron chi connectivity index (χ1n) is 7.66. The number of rotatable bonds is 5. The normalized spacial score (nSPS) is 10.9. The van der Waals surface area contributed by atoms with E-state index in [4.69, 9.17) is 11.2 Å². The van der Waals surface area contributed by atoms with Gasteiger partial charge in [0.15, 0.2) is 0 Å². The average molecular weight is 338 g/mol. The molecule has 0 N–H and O–H groups in total. The van der Waals surface area contributed by atoms with Crippen LogP contribution >= 0.6 is 11.3 Å². The molecule has 0 amide bonds. The van der Waals surface area contributed by atoms with Crippen LogP contribution in [0.4, 0.5) is 0 Å². The largest absolute Gasteiger partial charge is 0.384 e. The van der Waals surface area contributed by atoms with Crippen molar-refractivity contribution < 1.29 is 4.74 Å². The number of ether oxygens (including phenoxy) is 1. The highest BCUT2D eigenvalue weighted by Crippen LogP contribution is 2.31. The van der Waals surface area contributed by atoms with Gasteiger partial charge in [0.2, 0.25) is 0 Å². The molecule has 0 aliphatic carbocycles. The maximum absolute atomic E-state index is 13.0. The van der Waals surface area contributed by atoms with Gasteiger partial charge in [0, 0.05) is 24.5 Å². The Morgan fingerprint density at radius 3 is 2.75 bits per heavy atom. The molecule has 4 nitrogen and oxygen atoms in total. The quantitative estimate of drug-likeness (QED) is 0.671. The summed E-state index contributed by atoms with van der Waals surface area (Å²) in [7, 11) is 1.63. The van der Waals surface area contributed by atoms with Crippen LogP contribution in [0.1, 0.15) is 11.4 Å². The van der Waals surface area contributed by atoms with E-state index in [9.17, 15) is 4.79 Å². The van der Waals surface area contributed by atoms with Gasteiger partial charge in [-0.2, -0.15) is 0 Å². The van der Waals surface area contributed by atoms with Crippen LogP contribution in [0.5, 0.6) is 0 Å². The number of aromatic nitrogens is 2. The third-order valence-electron chi connectivity index (χ3n) is 3.91. The van der Waals surface area contributed by atoms with Crippen molar-refractivity contribution in [1.29, 1.82) is 0 Å². The molecule has 5 heteroatoms. The number of methoxy groups -OCH3 is 1. The smallest absolute Gasteiger partial charge is 0.263 e. The van der Waals surface area contributed by atoms with Crippen LogP contribution in [0.2, 0.25) is 0 Å². The zero-order chi connectivity index (χ0) is 17.1. The van der Waals surface area contributed by atoms with E-state index in [1.54, 1.807) is 11.7 Å². The molecule has 0 saturated heterocycles. The maximum Gasteiger partial charge on any atom is 0.263 e. The molecule has 1 aromatic carbocycles. The molecule has 3 aromatic rings. The number of hydrogen-bond acceptors (Lipinski definition) is 4. The maximum atomic E-state index is 13.0. The van der Waals surface area contributed by atoms with Crippen LogP contribution < -0.4 is 5.56 Å². The standard InChI is InChI=1S/C19H18N2O2S/c1-4-10-21-16(9-11-23-3)20-18-17(19(21)22)15(12-24-18)14-7-5-13(2)6-8-14/h1,5-8,12H,9-11H2,2-3H3. The topological polar surface area (TPSA) is 44.1 Å². The molecule has 24 heavy (non-hydrogen) atoms. The van der Waals surface area contributed by atoms with Crippen molar-refractivity contribution in [2.75, 3.05) is 13.7 Å². The Morgan fingerprint density at radius 1 is 1.33 bits per heavy atom. The Kier molecular flexibility index (Phi) is 4.79. The summed E-state index contributed by atoms with van der Waals surface area (Å²) in [5.41, 5.74) is 3.03. The van der Waals surface area contributed by atoms with Crippen LogP contribution in [-0.2, 0) is 17.7 Å². The van der Waals surface area contributed by atoms with Crippen molar-refractivity contribution in [1.82, 2.24) is 9.55 Å². The number of aryl methyl sites for hydroxylation is 1. The number of hydrogen-bond donors (Lipinski definition) is 0. The number of fused-ring (bicyclic) bond motifs is 1. The van der Waals surface area contributed by atoms with Gasteiger partial charge >= 0.3 is 0 Å². The molecule has 0 aliphatic heterocycles. The van der Waals surface area contributed by atoms with Crippen molar-refractivity contribution in [3.8, 4) is 23.5 Å². The molecular formula is C19H18N2O2S. The van der Waals surface area contributed by atoms with Crippen molar-refractivity contribution in [3.05, 3.63) is 51.4 Å². The van der Waals surface area contributed by atoms with E-state index in [0.29, 0.717) is 24.2 Å². The highest BCUT2D eigenvalue weighted by Gasteiger charge is 2.16. The molecular weight excluding hydrogens is 320 g/mol. The minimum absolute atomic E-state index is 0.0825. The fraction of sp³-hybridized carbons (Fsp3) is 0.263. The second-order valence-corrected chi connectivity index (χ2v) is 6.42. The Balaban J connectivity index is 2.21. The van der Waals surface area contributed by atoms with E-state index in [0.717, 1.165) is 16.0 Å². The molecule has 2 aromatic heterocycles. The van der Waals surface area contributed by atoms with Gasteiger partial charge in [0.1, 0.15) is 10.7 Å². The van der Waals surface area contributed by atoms with Crippen molar-refractivity contribution >= 4 is 21.6 Å². The van der Waals surface area contributed by atoms with E-state index in [1.807, 2.05) is 36.6 Å². The van der Waals surface area contributed by atoms with Crippen LogP contribution in [0.15, 0.2) is 34.4 Å². The average Bonchev–Trinajstić information content (AvgIpc) is 3.00. The van der Waals surface area contributed by atoms with Gasteiger partial charge < -0.3 is 4.74 Å². The van der Waals surface area contributed by atoms with Crippen molar-refractivity contribution in [3.63, 3.8) is 0 Å². The highest BCUT2D eigenvalue weighted by molar-refractivity contribution is 7.17. The van der Waals surface area contributed by atoms with Gasteiger partial charge in [-0.05, 0) is 12.5 Å². The van der Waals surface area contributed by atoms with E-state index in [2.05, 4.69) is 10.9 Å². The van der Waals surface area contributed by atoms with Gasteiger partial charge in [-0.1, -0.05) is 35.7 Å². The zero-order valence-electron chi connectivity index (χ0n) is 13.7. The highest BCUT2D eigenvalue weighted by atomic mass is 32.1. The Labute approximate surface area is 144 Å². The Morgan fingerprint density at radius 2 is 2.08 bits per heavy atom. The van der Waals surface area contributed by atoms with E-state index in [1.165, 1.54) is 16.9 Å². The Hall–Kier alpha value is -2.42. The molecule has 122 valence electrons. The first-order chi connectivity index (χ1) is 11.7. The van der Waals surface area contributed by atoms with Gasteiger partial charge in [0.05, 0.1) is 18.5 Å². The van der Waals surface area contributed by atoms with Gasteiger partial charge in [-0.25, -0.2) is 4.98 Å². The summed E-state index contributed by atoms with van der Waals surface area (Å²) >= 11 is 1.48. The van der Waals surface area contributed by atoms with E-state index >= 15 is 0 Å². The van der Waals surface area contributed by atoms with Crippen LogP contribution in [0.3, 0.4) is 0 Å². The minimum Gasteiger partial charge on any atom is -0.384 e. The van der Waals surface area contributed by atoms with Crippen molar-refractivity contribution in [2.45, 2.75) is 19.9 Å². The third kappa shape index (κ3) is 2.99. The summed E-state index contributed by atoms with van der Waals surface area (Å²) in [4.78, 5) is 18.4. The molecule has 0 atom stereocenters. The summed E-state index contributed by atoms with van der Waals surface area (Å²) in [6.45, 7) is 2.75. The fourth-order valence-corrected chi connectivity index (χ4v) is 3.61. The number of benzene rings is 1. The molecule has 0 bridgehead atoms. The number of nitrogens with zero attached hydrogens (tertiary/aromatic N) is 2. The molecule has 0 spiro atoms. The van der Waals surface area contributed by atoms with Gasteiger partial charge in [-0.3, -0.25) is 9.36 Å². The second-order valence-electron chi connectivity index (χ2n) is 5.56. The number of terminal acetylenes is 1. The zero-order valence-corrected chi connectivity index (χ0v) is 14.5. The molecule has 0 radical (unpaired) electrons. The van der Waals surface area contributed by atoms with E-state index < -0.39 is 0 Å². The summed E-state index contributed by atoms with van der Waals surface area (Å²) in [5, 5.41) is 2.63. The van der Waals surface area contributed by atoms with Crippen molar-refractivity contribution in [2.24, 2.45) is 0 Å². The first-order valence-corrected chi connectivity index (χ1v) is 8.54. The lowest BCUT2D eigenvalue weighted by Crippen LogP contribution is -2.25. The first kappa shape index (κ1) is 16.4. The summed E-state index contributed by atoms with van der Waals surface area (Å²) in [5.74, 6) is 3.22. The molecule has 3 rings (SSSR count). The van der Waals surface area contributed by atoms with Gasteiger partial charge in [0.25, 0.3) is 5.56 Å². The summed E-state index contributed by atoms with van der Waals surface area (Å²) in [6, 6.07) is 8.14. The SMILES string of the molecule is C#CCn1c(CCOC)nc2scc(-c3ccc(C)cc3)c2c1=O. The lowest BCUT2D eigenvalue weighted by molar-refractivity contribution is 0.199. The predicted molar refractivity (Wildman–Crippen MR) is 98.5 cm³/mol. The molecule has 0 saturated carbocycles. The van der Waals surface area contributed by atoms with Crippen LogP contribution in [0.25, 0.3) is 21.3 Å². The van der Waals surface area contributed by atoms with Crippen LogP contribution in [0, 0.1) is 19.3 Å².